The van der Waals surface area contributed by atoms with Gasteiger partial charge in [0.1, 0.15) is 5.82 Å². The number of carboxylic acid groups (broad SMARTS) is 1. The summed E-state index contributed by atoms with van der Waals surface area (Å²) < 4.78 is 1.95. The molecule has 0 bridgehead atoms. The zero-order chi connectivity index (χ0) is 15.6. The van der Waals surface area contributed by atoms with Crippen molar-refractivity contribution in [3.8, 4) is 5.69 Å². The van der Waals surface area contributed by atoms with Crippen LogP contribution in [0.15, 0.2) is 23.4 Å². The molecule has 0 aliphatic heterocycles. The first kappa shape index (κ1) is 15.6. The van der Waals surface area contributed by atoms with Crippen LogP contribution in [-0.2, 0) is 4.79 Å². The van der Waals surface area contributed by atoms with Crippen LogP contribution in [0.1, 0.15) is 36.7 Å². The second-order valence-corrected chi connectivity index (χ2v) is 6.22. The fraction of sp³-hybridized carbons (Fsp3) is 0.400. The van der Waals surface area contributed by atoms with Crippen molar-refractivity contribution in [2.45, 2.75) is 38.8 Å². The molecule has 5 nitrogen and oxygen atoms in total. The number of hydrogen-bond donors (Lipinski definition) is 1. The van der Waals surface area contributed by atoms with Crippen LogP contribution in [0, 0.1) is 13.8 Å². The summed E-state index contributed by atoms with van der Waals surface area (Å²) in [5.41, 5.74) is 3.38. The SMILES string of the molecule is Cc1ccc(-n2c(SCC(=O)O)nnc2C(C)C)cc1C. The number of rotatable bonds is 5. The number of hydrogen-bond acceptors (Lipinski definition) is 4. The standard InChI is InChI=1S/C15H19N3O2S/c1-9(2)14-16-17-15(21-8-13(19)20)18(14)12-6-5-10(3)11(4)7-12/h5-7,9H,8H2,1-4H3,(H,19,20). The van der Waals surface area contributed by atoms with Gasteiger partial charge in [0.15, 0.2) is 5.16 Å². The van der Waals surface area contributed by atoms with Crippen LogP contribution < -0.4 is 0 Å². The molecule has 0 atom stereocenters. The maximum Gasteiger partial charge on any atom is 0.313 e. The highest BCUT2D eigenvalue weighted by atomic mass is 32.2. The minimum absolute atomic E-state index is 0.0267. The first-order chi connectivity index (χ1) is 9.90. The second-order valence-electron chi connectivity index (χ2n) is 5.28. The van der Waals surface area contributed by atoms with E-state index in [1.54, 1.807) is 0 Å². The molecule has 1 N–H and O–H groups in total. The van der Waals surface area contributed by atoms with Crippen LogP contribution >= 0.6 is 11.8 Å². The Hall–Kier alpha value is -1.82. The smallest absolute Gasteiger partial charge is 0.313 e. The van der Waals surface area contributed by atoms with Crippen molar-refractivity contribution >= 4 is 17.7 Å². The number of carbonyl (C=O) groups is 1. The molecule has 0 spiro atoms. The van der Waals surface area contributed by atoms with E-state index < -0.39 is 5.97 Å². The summed E-state index contributed by atoms with van der Waals surface area (Å²) >= 11 is 1.19. The van der Waals surface area contributed by atoms with Gasteiger partial charge in [-0.05, 0) is 37.1 Å². The van der Waals surface area contributed by atoms with E-state index in [1.165, 1.54) is 22.9 Å². The molecule has 0 amide bonds. The summed E-state index contributed by atoms with van der Waals surface area (Å²) in [6.45, 7) is 8.22. The summed E-state index contributed by atoms with van der Waals surface area (Å²) in [5, 5.41) is 17.8. The Morgan fingerprint density at radius 3 is 2.57 bits per heavy atom. The molecule has 1 heterocycles. The third-order valence-electron chi connectivity index (χ3n) is 3.25. The van der Waals surface area contributed by atoms with E-state index in [9.17, 15) is 4.79 Å². The Morgan fingerprint density at radius 2 is 2.00 bits per heavy atom. The third-order valence-corrected chi connectivity index (χ3v) is 4.16. The number of aliphatic carboxylic acids is 1. The van der Waals surface area contributed by atoms with Gasteiger partial charge in [0, 0.05) is 11.6 Å². The molecule has 0 aliphatic rings. The maximum atomic E-state index is 10.8. The fourth-order valence-corrected chi connectivity index (χ4v) is 2.66. The zero-order valence-electron chi connectivity index (χ0n) is 12.6. The normalized spacial score (nSPS) is 11.1. The molecule has 6 heteroatoms. The molecule has 0 saturated heterocycles. The van der Waals surface area contributed by atoms with Crippen molar-refractivity contribution in [3.05, 3.63) is 35.2 Å². The van der Waals surface area contributed by atoms with Gasteiger partial charge in [0.05, 0.1) is 5.75 Å². The molecule has 1 aromatic carbocycles. The van der Waals surface area contributed by atoms with Crippen LogP contribution in [0.5, 0.6) is 0 Å². The maximum absolute atomic E-state index is 10.8. The Bertz CT molecular complexity index is 665. The van der Waals surface area contributed by atoms with Crippen molar-refractivity contribution in [2.75, 3.05) is 5.75 Å². The third kappa shape index (κ3) is 3.44. The lowest BCUT2D eigenvalue weighted by Gasteiger charge is -2.13. The fourth-order valence-electron chi connectivity index (χ4n) is 1.98. The highest BCUT2D eigenvalue weighted by Crippen LogP contribution is 2.26. The van der Waals surface area contributed by atoms with Gasteiger partial charge in [0.25, 0.3) is 0 Å². The summed E-state index contributed by atoms with van der Waals surface area (Å²) in [7, 11) is 0. The molecule has 0 aliphatic carbocycles. The van der Waals surface area contributed by atoms with E-state index in [4.69, 9.17) is 5.11 Å². The molecular weight excluding hydrogens is 286 g/mol. The predicted molar refractivity (Wildman–Crippen MR) is 83.3 cm³/mol. The van der Waals surface area contributed by atoms with E-state index in [-0.39, 0.29) is 11.7 Å². The van der Waals surface area contributed by atoms with Crippen LogP contribution in [0.4, 0.5) is 0 Å². The minimum atomic E-state index is -0.860. The molecule has 0 radical (unpaired) electrons. The lowest BCUT2D eigenvalue weighted by atomic mass is 10.1. The van der Waals surface area contributed by atoms with E-state index in [2.05, 4.69) is 36.2 Å². The van der Waals surface area contributed by atoms with Crippen molar-refractivity contribution in [1.29, 1.82) is 0 Å². The van der Waals surface area contributed by atoms with Crippen LogP contribution in [0.2, 0.25) is 0 Å². The number of benzene rings is 1. The summed E-state index contributed by atoms with van der Waals surface area (Å²) in [4.78, 5) is 10.8. The van der Waals surface area contributed by atoms with E-state index in [1.807, 2.05) is 24.5 Å². The van der Waals surface area contributed by atoms with Crippen LogP contribution in [0.25, 0.3) is 5.69 Å². The number of aryl methyl sites for hydroxylation is 2. The summed E-state index contributed by atoms with van der Waals surface area (Å²) in [6.07, 6.45) is 0. The first-order valence-corrected chi connectivity index (χ1v) is 7.76. The van der Waals surface area contributed by atoms with Gasteiger partial charge in [-0.25, -0.2) is 0 Å². The molecule has 0 saturated carbocycles. The van der Waals surface area contributed by atoms with Gasteiger partial charge in [-0.3, -0.25) is 9.36 Å². The molecule has 2 rings (SSSR count). The predicted octanol–water partition coefficient (Wildman–Crippen LogP) is 3.18. The Morgan fingerprint density at radius 1 is 1.29 bits per heavy atom. The molecule has 1 aromatic heterocycles. The summed E-state index contributed by atoms with van der Waals surface area (Å²) in [6, 6.07) is 6.15. The van der Waals surface area contributed by atoms with E-state index in [0.29, 0.717) is 5.16 Å². The average molecular weight is 305 g/mol. The van der Waals surface area contributed by atoms with Gasteiger partial charge in [-0.15, -0.1) is 10.2 Å². The summed E-state index contributed by atoms with van der Waals surface area (Å²) in [5.74, 6) is 0.159. The molecule has 2 aromatic rings. The highest BCUT2D eigenvalue weighted by molar-refractivity contribution is 7.99. The van der Waals surface area contributed by atoms with Crippen molar-refractivity contribution < 1.29 is 9.90 Å². The zero-order valence-corrected chi connectivity index (χ0v) is 13.4. The van der Waals surface area contributed by atoms with Gasteiger partial charge in [-0.2, -0.15) is 0 Å². The monoisotopic (exact) mass is 305 g/mol. The quantitative estimate of drug-likeness (QED) is 0.859. The molecule has 0 fully saturated rings. The average Bonchev–Trinajstić information content (AvgIpc) is 2.83. The van der Waals surface area contributed by atoms with Gasteiger partial charge in [-0.1, -0.05) is 31.7 Å². The van der Waals surface area contributed by atoms with Crippen molar-refractivity contribution in [3.63, 3.8) is 0 Å². The lowest BCUT2D eigenvalue weighted by molar-refractivity contribution is -0.133. The van der Waals surface area contributed by atoms with E-state index >= 15 is 0 Å². The van der Waals surface area contributed by atoms with Crippen LogP contribution in [0.3, 0.4) is 0 Å². The Balaban J connectivity index is 2.49. The van der Waals surface area contributed by atoms with Gasteiger partial charge < -0.3 is 5.11 Å². The van der Waals surface area contributed by atoms with E-state index in [0.717, 1.165) is 11.5 Å². The Labute approximate surface area is 128 Å². The number of aromatic nitrogens is 3. The minimum Gasteiger partial charge on any atom is -0.481 e. The molecular formula is C15H19N3O2S. The van der Waals surface area contributed by atoms with Gasteiger partial charge in [0.2, 0.25) is 0 Å². The molecule has 21 heavy (non-hydrogen) atoms. The van der Waals surface area contributed by atoms with Crippen molar-refractivity contribution in [1.82, 2.24) is 14.8 Å². The number of nitrogens with zero attached hydrogens (tertiary/aromatic N) is 3. The largest absolute Gasteiger partial charge is 0.481 e. The molecule has 0 unspecified atom stereocenters. The van der Waals surface area contributed by atoms with Gasteiger partial charge >= 0.3 is 5.97 Å². The second kappa shape index (κ2) is 6.30. The molecule has 112 valence electrons. The van der Waals surface area contributed by atoms with Crippen molar-refractivity contribution in [2.24, 2.45) is 0 Å². The lowest BCUT2D eigenvalue weighted by Crippen LogP contribution is -2.06. The Kier molecular flexibility index (Phi) is 4.67. The number of thioether (sulfide) groups is 1. The first-order valence-electron chi connectivity index (χ1n) is 6.77. The van der Waals surface area contributed by atoms with Crippen LogP contribution in [-0.4, -0.2) is 31.6 Å². The highest BCUT2D eigenvalue weighted by Gasteiger charge is 2.18. The number of carboxylic acids is 1. The topological polar surface area (TPSA) is 68.0 Å².